The summed E-state index contributed by atoms with van der Waals surface area (Å²) >= 11 is 0. The molecule has 2 aromatic rings. The van der Waals surface area contributed by atoms with E-state index in [0.29, 0.717) is 0 Å². The van der Waals surface area contributed by atoms with Crippen LogP contribution in [-0.2, 0) is 23.9 Å². The molecule has 0 aliphatic carbocycles. The van der Waals surface area contributed by atoms with E-state index in [1.165, 1.54) is 44.2 Å². The number of ether oxygens (including phenoxy) is 5. The molecule has 1 atom stereocenters. The van der Waals surface area contributed by atoms with Crippen LogP contribution >= 0.6 is 12.4 Å². The van der Waals surface area contributed by atoms with Crippen LogP contribution in [0.1, 0.15) is 41.0 Å². The lowest BCUT2D eigenvalue weighted by molar-refractivity contribution is -0.757. The molecule has 206 valence electrons. The highest BCUT2D eigenvalue weighted by Crippen LogP contribution is 2.29. The largest absolute Gasteiger partial charge is 0.490 e. The molecule has 0 saturated carbocycles. The molecular weight excluding hydrogens is 532 g/mol. The van der Waals surface area contributed by atoms with Gasteiger partial charge in [-0.25, -0.2) is 14.4 Å². The second-order valence-electron chi connectivity index (χ2n) is 7.20. The van der Waals surface area contributed by atoms with E-state index in [4.69, 9.17) is 29.4 Å². The van der Waals surface area contributed by atoms with Crippen molar-refractivity contribution < 1.29 is 52.8 Å². The quantitative estimate of drug-likeness (QED) is 0.0943. The molecule has 2 aromatic carbocycles. The van der Waals surface area contributed by atoms with Gasteiger partial charge < -0.3 is 34.3 Å². The second-order valence-corrected chi connectivity index (χ2v) is 7.20. The summed E-state index contributed by atoms with van der Waals surface area (Å²) in [6.07, 6.45) is 0.150. The van der Waals surface area contributed by atoms with Gasteiger partial charge in [-0.3, -0.25) is 4.79 Å². The molecule has 0 aliphatic heterocycles. The Morgan fingerprint density at radius 2 is 1.63 bits per heavy atom. The fourth-order valence-corrected chi connectivity index (χ4v) is 2.59. The molecule has 2 N–H and O–H groups in total. The van der Waals surface area contributed by atoms with Crippen LogP contribution in [0, 0.1) is 10.1 Å². The summed E-state index contributed by atoms with van der Waals surface area (Å²) in [6, 6.07) is 8.63. The van der Waals surface area contributed by atoms with E-state index >= 15 is 0 Å². The highest BCUT2D eigenvalue weighted by Gasteiger charge is 2.19. The zero-order valence-electron chi connectivity index (χ0n) is 20.3. The summed E-state index contributed by atoms with van der Waals surface area (Å²) in [5.74, 6) is -3.39. The molecule has 2 rings (SSSR count). The molecule has 0 spiro atoms. The van der Waals surface area contributed by atoms with E-state index in [1.54, 1.807) is 6.07 Å². The number of nitrogens with two attached hydrogens (primary N) is 1. The number of esters is 4. The number of nitrogens with zero attached hydrogens (tertiary/aromatic N) is 1. The first-order valence-electron chi connectivity index (χ1n) is 10.7. The smallest absolute Gasteiger partial charge is 0.344 e. The average molecular weight is 557 g/mol. The van der Waals surface area contributed by atoms with Crippen LogP contribution in [0.25, 0.3) is 0 Å². The van der Waals surface area contributed by atoms with E-state index < -0.39 is 41.8 Å². The third kappa shape index (κ3) is 10.3. The Balaban J connectivity index is 0.00000722. The molecule has 0 saturated heterocycles. The van der Waals surface area contributed by atoms with Crippen molar-refractivity contribution >= 4 is 36.3 Å². The number of rotatable bonds is 13. The Kier molecular flexibility index (Phi) is 13.0. The summed E-state index contributed by atoms with van der Waals surface area (Å²) in [5, 5.41) is 9.26. The van der Waals surface area contributed by atoms with Gasteiger partial charge in [0.2, 0.25) is 6.79 Å². The SMILES string of the molecule is CC(=O)Oc1ccccc1C(=O)OCOC(=O)c1ccc(OCCCO[N+](=O)[O-])c(OC(=O)C(C)N)c1.Cl. The highest BCUT2D eigenvalue weighted by molar-refractivity contribution is 5.94. The van der Waals surface area contributed by atoms with Gasteiger partial charge in [-0.1, -0.05) is 12.1 Å². The van der Waals surface area contributed by atoms with Crippen LogP contribution in [0.3, 0.4) is 0 Å². The zero-order chi connectivity index (χ0) is 27.4. The Labute approximate surface area is 222 Å². The maximum Gasteiger partial charge on any atom is 0.344 e. The molecule has 0 radical (unpaired) electrons. The maximum atomic E-state index is 12.5. The highest BCUT2D eigenvalue weighted by atomic mass is 35.5. The molecular formula is C23H25ClN2O12. The normalized spacial score (nSPS) is 10.7. The van der Waals surface area contributed by atoms with Crippen molar-refractivity contribution in [2.75, 3.05) is 20.0 Å². The lowest BCUT2D eigenvalue weighted by atomic mass is 10.2. The molecule has 0 heterocycles. The Morgan fingerprint density at radius 3 is 2.29 bits per heavy atom. The van der Waals surface area contributed by atoms with Crippen LogP contribution in [0.4, 0.5) is 0 Å². The van der Waals surface area contributed by atoms with Gasteiger partial charge in [0, 0.05) is 13.3 Å². The Hall–Kier alpha value is -4.43. The van der Waals surface area contributed by atoms with Crippen molar-refractivity contribution in [3.63, 3.8) is 0 Å². The Morgan fingerprint density at radius 1 is 0.947 bits per heavy atom. The molecule has 0 amide bonds. The number of benzene rings is 2. The van der Waals surface area contributed by atoms with Crippen LogP contribution in [0.5, 0.6) is 17.2 Å². The number of hydrogen-bond acceptors (Lipinski definition) is 13. The van der Waals surface area contributed by atoms with E-state index in [0.717, 1.165) is 6.07 Å². The third-order valence-corrected chi connectivity index (χ3v) is 4.25. The first-order chi connectivity index (χ1) is 17.6. The van der Waals surface area contributed by atoms with Crippen molar-refractivity contribution in [1.29, 1.82) is 0 Å². The zero-order valence-corrected chi connectivity index (χ0v) is 21.1. The van der Waals surface area contributed by atoms with E-state index in [1.807, 2.05) is 0 Å². The molecule has 0 bridgehead atoms. The molecule has 0 aliphatic rings. The van der Waals surface area contributed by atoms with Crippen LogP contribution in [0.15, 0.2) is 42.5 Å². The first-order valence-corrected chi connectivity index (χ1v) is 10.7. The monoisotopic (exact) mass is 556 g/mol. The number of carbonyl (C=O) groups excluding carboxylic acids is 4. The molecule has 0 fully saturated rings. The van der Waals surface area contributed by atoms with Gasteiger partial charge in [0.05, 0.1) is 18.8 Å². The van der Waals surface area contributed by atoms with E-state index in [2.05, 4.69) is 4.84 Å². The van der Waals surface area contributed by atoms with Crippen LogP contribution in [0.2, 0.25) is 0 Å². The predicted octanol–water partition coefficient (Wildman–Crippen LogP) is 2.23. The predicted molar refractivity (Wildman–Crippen MR) is 129 cm³/mol. The Bertz CT molecular complexity index is 1150. The number of carbonyl (C=O) groups is 4. The molecule has 15 heteroatoms. The van der Waals surface area contributed by atoms with Gasteiger partial charge in [0.15, 0.2) is 11.5 Å². The van der Waals surface area contributed by atoms with Crippen LogP contribution < -0.4 is 19.9 Å². The molecule has 38 heavy (non-hydrogen) atoms. The summed E-state index contributed by atoms with van der Waals surface area (Å²) in [4.78, 5) is 62.3. The minimum absolute atomic E-state index is 0. The average Bonchev–Trinajstić information content (AvgIpc) is 2.84. The minimum Gasteiger partial charge on any atom is -0.490 e. The lowest BCUT2D eigenvalue weighted by Crippen LogP contribution is -2.31. The fraction of sp³-hybridized carbons (Fsp3) is 0.304. The number of halogens is 1. The minimum atomic E-state index is -0.980. The van der Waals surface area contributed by atoms with Crippen molar-refractivity contribution in [1.82, 2.24) is 0 Å². The standard InChI is InChI=1S/C23H24N2O12.ClH/c1-14(24)21(27)37-20-12-16(8-9-19(20)32-10-5-11-35-25(30)31)22(28)33-13-34-23(29)17-6-3-4-7-18(17)36-15(2)26;/h3-4,6-9,12,14H,5,10-11,13,24H2,1-2H3;1H. The number of hydrogen-bond donors (Lipinski definition) is 1. The summed E-state index contributed by atoms with van der Waals surface area (Å²) < 4.78 is 25.4. The maximum absolute atomic E-state index is 12.5. The third-order valence-electron chi connectivity index (χ3n) is 4.25. The first kappa shape index (κ1) is 31.6. The van der Waals surface area contributed by atoms with E-state index in [-0.39, 0.29) is 60.4 Å². The van der Waals surface area contributed by atoms with E-state index in [9.17, 15) is 29.3 Å². The summed E-state index contributed by atoms with van der Waals surface area (Å²) in [7, 11) is 0. The number of para-hydroxylation sites is 1. The van der Waals surface area contributed by atoms with Crippen molar-refractivity contribution in [2.24, 2.45) is 5.73 Å². The topological polar surface area (TPSA) is 193 Å². The van der Waals surface area contributed by atoms with Gasteiger partial charge in [0.1, 0.15) is 17.4 Å². The van der Waals surface area contributed by atoms with Gasteiger partial charge in [-0.05, 0) is 37.3 Å². The van der Waals surface area contributed by atoms with Crippen molar-refractivity contribution in [3.8, 4) is 17.2 Å². The van der Waals surface area contributed by atoms with Crippen molar-refractivity contribution in [3.05, 3.63) is 63.7 Å². The molecule has 1 unspecified atom stereocenters. The van der Waals surface area contributed by atoms with Crippen LogP contribution in [-0.4, -0.2) is 55.0 Å². The van der Waals surface area contributed by atoms with Gasteiger partial charge in [-0.15, -0.1) is 22.5 Å². The van der Waals surface area contributed by atoms with Gasteiger partial charge in [-0.2, -0.15) is 0 Å². The lowest BCUT2D eigenvalue weighted by Gasteiger charge is -2.14. The summed E-state index contributed by atoms with van der Waals surface area (Å²) in [5.41, 5.74) is 5.39. The van der Waals surface area contributed by atoms with Crippen molar-refractivity contribution in [2.45, 2.75) is 26.3 Å². The second kappa shape index (κ2) is 15.6. The van der Waals surface area contributed by atoms with Gasteiger partial charge >= 0.3 is 23.9 Å². The molecule has 0 aromatic heterocycles. The summed E-state index contributed by atoms with van der Waals surface area (Å²) in [6.45, 7) is 1.56. The molecule has 14 nitrogen and oxygen atoms in total. The van der Waals surface area contributed by atoms with Gasteiger partial charge in [0.25, 0.3) is 5.09 Å². The fourth-order valence-electron chi connectivity index (χ4n) is 2.59.